The third kappa shape index (κ3) is 3.77. The molecule has 1 aromatic rings. The molecule has 9 heteroatoms. The van der Waals surface area contributed by atoms with Crippen molar-refractivity contribution >= 4 is 47.0 Å². The van der Waals surface area contributed by atoms with Crippen LogP contribution in [0.25, 0.3) is 0 Å². The summed E-state index contributed by atoms with van der Waals surface area (Å²) in [5.74, 6) is -2.64. The van der Waals surface area contributed by atoms with Crippen LogP contribution in [-0.4, -0.2) is 58.2 Å². The molecule has 0 atom stereocenters. The maximum absolute atomic E-state index is 12.5. The van der Waals surface area contributed by atoms with Crippen LogP contribution >= 0.6 is 11.8 Å². The number of rotatable bonds is 6. The standard InChI is InChI=1S/C17H19N3O5S/c1-9(2)20-16(24)15(23)19(17(20)25)8-13(22)11-5-6-12(18-10(3)21)14(7-11)26-4/h5-7,9H,8H2,1-4H3,(H,18,21). The summed E-state index contributed by atoms with van der Waals surface area (Å²) in [5.41, 5.74) is 0.843. The summed E-state index contributed by atoms with van der Waals surface area (Å²) < 4.78 is 0. The van der Waals surface area contributed by atoms with Gasteiger partial charge in [-0.05, 0) is 38.3 Å². The summed E-state index contributed by atoms with van der Waals surface area (Å²) in [5, 5.41) is 2.66. The number of ketones is 1. The van der Waals surface area contributed by atoms with E-state index in [4.69, 9.17) is 0 Å². The Kier molecular flexibility index (Phi) is 5.81. The molecule has 26 heavy (non-hydrogen) atoms. The minimum atomic E-state index is -1.00. The predicted octanol–water partition coefficient (Wildman–Crippen LogP) is 1.75. The van der Waals surface area contributed by atoms with Crippen molar-refractivity contribution in [1.82, 2.24) is 9.80 Å². The van der Waals surface area contributed by atoms with Crippen molar-refractivity contribution in [2.24, 2.45) is 0 Å². The number of urea groups is 1. The van der Waals surface area contributed by atoms with Crippen LogP contribution in [-0.2, 0) is 14.4 Å². The van der Waals surface area contributed by atoms with Crippen molar-refractivity contribution < 1.29 is 24.0 Å². The van der Waals surface area contributed by atoms with E-state index in [2.05, 4.69) is 5.32 Å². The van der Waals surface area contributed by atoms with Gasteiger partial charge in [0.1, 0.15) is 0 Å². The summed E-state index contributed by atoms with van der Waals surface area (Å²) in [6.07, 6.45) is 1.79. The number of benzene rings is 1. The lowest BCUT2D eigenvalue weighted by Gasteiger charge is -2.18. The van der Waals surface area contributed by atoms with Gasteiger partial charge in [-0.1, -0.05) is 0 Å². The summed E-state index contributed by atoms with van der Waals surface area (Å²) in [6.45, 7) is 4.09. The highest BCUT2D eigenvalue weighted by molar-refractivity contribution is 7.98. The number of carbonyl (C=O) groups is 5. The smallest absolute Gasteiger partial charge is 0.325 e. The Balaban J connectivity index is 2.22. The quantitative estimate of drug-likeness (QED) is 0.351. The van der Waals surface area contributed by atoms with Crippen LogP contribution in [0.4, 0.5) is 10.5 Å². The Morgan fingerprint density at radius 3 is 2.31 bits per heavy atom. The van der Waals surface area contributed by atoms with Crippen molar-refractivity contribution in [2.75, 3.05) is 18.1 Å². The van der Waals surface area contributed by atoms with E-state index in [1.165, 1.54) is 24.8 Å². The van der Waals surface area contributed by atoms with Crippen molar-refractivity contribution in [3.05, 3.63) is 23.8 Å². The molecule has 1 aliphatic rings. The van der Waals surface area contributed by atoms with E-state index in [-0.39, 0.29) is 11.5 Å². The second kappa shape index (κ2) is 7.69. The molecule has 5 amide bonds. The number of anilines is 1. The lowest BCUT2D eigenvalue weighted by atomic mass is 10.1. The first-order chi connectivity index (χ1) is 12.2. The minimum Gasteiger partial charge on any atom is -0.325 e. The molecular weight excluding hydrogens is 358 g/mol. The second-order valence-electron chi connectivity index (χ2n) is 5.96. The molecular formula is C17H19N3O5S. The highest BCUT2D eigenvalue weighted by atomic mass is 32.2. The summed E-state index contributed by atoms with van der Waals surface area (Å²) in [7, 11) is 0. The molecule has 0 radical (unpaired) electrons. The molecule has 1 heterocycles. The fourth-order valence-corrected chi connectivity index (χ4v) is 3.09. The lowest BCUT2D eigenvalue weighted by molar-refractivity contribution is -0.143. The van der Waals surface area contributed by atoms with E-state index >= 15 is 0 Å². The van der Waals surface area contributed by atoms with E-state index < -0.39 is 36.2 Å². The topological polar surface area (TPSA) is 104 Å². The SMILES string of the molecule is CSc1cc(C(=O)CN2C(=O)C(=O)N(C(C)C)C2=O)ccc1NC(C)=O. The van der Waals surface area contributed by atoms with Gasteiger partial charge in [0.25, 0.3) is 0 Å². The summed E-state index contributed by atoms with van der Waals surface area (Å²) >= 11 is 1.34. The third-order valence-electron chi connectivity index (χ3n) is 3.74. The number of hydrogen-bond donors (Lipinski definition) is 1. The number of hydrogen-bond acceptors (Lipinski definition) is 6. The Bertz CT molecular complexity index is 806. The maximum Gasteiger partial charge on any atom is 0.334 e. The number of amides is 5. The first-order valence-electron chi connectivity index (χ1n) is 7.85. The van der Waals surface area contributed by atoms with Crippen LogP contribution in [0.3, 0.4) is 0 Å². The normalized spacial score (nSPS) is 14.4. The van der Waals surface area contributed by atoms with E-state index in [9.17, 15) is 24.0 Å². The Morgan fingerprint density at radius 2 is 1.81 bits per heavy atom. The molecule has 1 N–H and O–H groups in total. The second-order valence-corrected chi connectivity index (χ2v) is 6.81. The highest BCUT2D eigenvalue weighted by Crippen LogP contribution is 2.27. The van der Waals surface area contributed by atoms with Crippen LogP contribution in [0.1, 0.15) is 31.1 Å². The van der Waals surface area contributed by atoms with Crippen LogP contribution in [0.5, 0.6) is 0 Å². The van der Waals surface area contributed by atoms with E-state index in [0.717, 1.165) is 4.90 Å². The molecule has 2 rings (SSSR count). The van der Waals surface area contributed by atoms with Gasteiger partial charge in [0, 0.05) is 23.4 Å². The molecule has 0 unspecified atom stereocenters. The lowest BCUT2D eigenvalue weighted by Crippen LogP contribution is -2.39. The van der Waals surface area contributed by atoms with E-state index in [0.29, 0.717) is 15.5 Å². The largest absolute Gasteiger partial charge is 0.334 e. The average molecular weight is 377 g/mol. The van der Waals surface area contributed by atoms with Gasteiger partial charge in [-0.2, -0.15) is 0 Å². The zero-order valence-electron chi connectivity index (χ0n) is 14.9. The van der Waals surface area contributed by atoms with Gasteiger partial charge in [0.2, 0.25) is 5.91 Å². The average Bonchev–Trinajstić information content (AvgIpc) is 2.78. The number of Topliss-reactive ketones (excluding diaryl/α,β-unsaturated/α-hetero) is 1. The van der Waals surface area contributed by atoms with Gasteiger partial charge >= 0.3 is 17.8 Å². The highest BCUT2D eigenvalue weighted by Gasteiger charge is 2.46. The molecule has 0 spiro atoms. The predicted molar refractivity (Wildman–Crippen MR) is 95.9 cm³/mol. The first-order valence-corrected chi connectivity index (χ1v) is 9.07. The molecule has 1 saturated heterocycles. The number of nitrogens with zero attached hydrogens (tertiary/aromatic N) is 2. The number of carbonyl (C=O) groups excluding carboxylic acids is 5. The van der Waals surface area contributed by atoms with Crippen molar-refractivity contribution in [3.63, 3.8) is 0 Å². The molecule has 1 aromatic carbocycles. The fourth-order valence-electron chi connectivity index (χ4n) is 2.51. The summed E-state index contributed by atoms with van der Waals surface area (Å²) in [4.78, 5) is 62.0. The summed E-state index contributed by atoms with van der Waals surface area (Å²) in [6, 6.07) is 3.40. The molecule has 0 bridgehead atoms. The number of nitrogens with one attached hydrogen (secondary N) is 1. The van der Waals surface area contributed by atoms with Crippen LogP contribution < -0.4 is 5.32 Å². The molecule has 138 valence electrons. The van der Waals surface area contributed by atoms with Gasteiger partial charge in [0.15, 0.2) is 5.78 Å². The van der Waals surface area contributed by atoms with E-state index in [1.807, 2.05) is 0 Å². The monoisotopic (exact) mass is 377 g/mol. The first kappa shape index (κ1) is 19.6. The van der Waals surface area contributed by atoms with Gasteiger partial charge in [-0.25, -0.2) is 9.69 Å². The Labute approximate surface area is 154 Å². The van der Waals surface area contributed by atoms with Gasteiger partial charge in [0.05, 0.1) is 12.2 Å². The maximum atomic E-state index is 12.5. The van der Waals surface area contributed by atoms with Crippen molar-refractivity contribution in [2.45, 2.75) is 31.7 Å². The zero-order valence-corrected chi connectivity index (χ0v) is 15.7. The van der Waals surface area contributed by atoms with Crippen LogP contribution in [0.15, 0.2) is 23.1 Å². The van der Waals surface area contributed by atoms with Crippen molar-refractivity contribution in [3.8, 4) is 0 Å². The van der Waals surface area contributed by atoms with E-state index in [1.54, 1.807) is 32.2 Å². The van der Waals surface area contributed by atoms with Crippen molar-refractivity contribution in [1.29, 1.82) is 0 Å². The molecule has 0 aromatic heterocycles. The van der Waals surface area contributed by atoms with Gasteiger partial charge in [-0.15, -0.1) is 11.8 Å². The third-order valence-corrected chi connectivity index (χ3v) is 4.51. The van der Waals surface area contributed by atoms with Crippen LogP contribution in [0.2, 0.25) is 0 Å². The molecule has 1 aliphatic heterocycles. The van der Waals surface area contributed by atoms with Gasteiger partial charge < -0.3 is 5.32 Å². The molecule has 0 saturated carbocycles. The minimum absolute atomic E-state index is 0.236. The van der Waals surface area contributed by atoms with Gasteiger partial charge in [-0.3, -0.25) is 24.1 Å². The Morgan fingerprint density at radius 1 is 1.15 bits per heavy atom. The van der Waals surface area contributed by atoms with Crippen LogP contribution in [0, 0.1) is 0 Å². The zero-order chi connectivity index (χ0) is 19.6. The fraction of sp³-hybridized carbons (Fsp3) is 0.353. The molecule has 0 aliphatic carbocycles. The Hall–Kier alpha value is -2.68. The number of thioether (sulfide) groups is 1. The molecule has 1 fully saturated rings. The number of imide groups is 2. The molecule has 8 nitrogen and oxygen atoms in total.